The van der Waals surface area contributed by atoms with E-state index in [2.05, 4.69) is 43.0 Å². The van der Waals surface area contributed by atoms with Crippen molar-refractivity contribution in [1.82, 2.24) is 4.90 Å². The third-order valence-corrected chi connectivity index (χ3v) is 3.30. The monoisotopic (exact) mass is 219 g/mol. The van der Waals surface area contributed by atoms with E-state index >= 15 is 0 Å². The molecule has 1 aliphatic rings. The summed E-state index contributed by atoms with van der Waals surface area (Å²) < 4.78 is 0. The van der Waals surface area contributed by atoms with Gasteiger partial charge in [-0.25, -0.2) is 0 Å². The molecule has 1 fully saturated rings. The number of rotatable bonds is 4. The zero-order valence-corrected chi connectivity index (χ0v) is 10.2. The largest absolute Gasteiger partial charge is 0.395 e. The Balaban J connectivity index is 1.92. The molecule has 1 aromatic rings. The molecule has 1 atom stereocenters. The minimum atomic E-state index is 0.255. The number of likely N-dealkylation sites (tertiary alicyclic amines) is 1. The van der Waals surface area contributed by atoms with Crippen molar-refractivity contribution in [3.05, 3.63) is 35.9 Å². The first kappa shape index (κ1) is 11.6. The van der Waals surface area contributed by atoms with Crippen LogP contribution < -0.4 is 0 Å². The Hall–Kier alpha value is -0.860. The maximum Gasteiger partial charge on any atom is 0.0590 e. The molecule has 0 spiro atoms. The van der Waals surface area contributed by atoms with Crippen LogP contribution in [0.25, 0.3) is 0 Å². The second-order valence-corrected chi connectivity index (χ2v) is 5.60. The van der Waals surface area contributed by atoms with Gasteiger partial charge < -0.3 is 5.11 Å². The fourth-order valence-electron chi connectivity index (χ4n) is 2.51. The molecule has 16 heavy (non-hydrogen) atoms. The van der Waals surface area contributed by atoms with Crippen LogP contribution >= 0.6 is 0 Å². The molecule has 0 radical (unpaired) electrons. The third-order valence-electron chi connectivity index (χ3n) is 3.30. The molecule has 2 rings (SSSR count). The van der Waals surface area contributed by atoms with Crippen molar-refractivity contribution in [1.29, 1.82) is 0 Å². The van der Waals surface area contributed by atoms with Crippen LogP contribution in [-0.4, -0.2) is 35.7 Å². The summed E-state index contributed by atoms with van der Waals surface area (Å²) in [6.07, 6.45) is 0.952. The molecule has 1 aliphatic heterocycles. The van der Waals surface area contributed by atoms with E-state index in [1.807, 2.05) is 6.07 Å². The van der Waals surface area contributed by atoms with E-state index < -0.39 is 0 Å². The number of hydrogen-bond acceptors (Lipinski definition) is 2. The van der Waals surface area contributed by atoms with Crippen LogP contribution in [0.15, 0.2) is 30.3 Å². The molecule has 0 aromatic heterocycles. The Bertz CT molecular complexity index is 326. The molecule has 88 valence electrons. The van der Waals surface area contributed by atoms with Crippen molar-refractivity contribution in [2.24, 2.45) is 5.41 Å². The predicted octanol–water partition coefficient (Wildman–Crippen LogP) is 1.93. The van der Waals surface area contributed by atoms with Gasteiger partial charge in [-0.1, -0.05) is 44.2 Å². The lowest BCUT2D eigenvalue weighted by molar-refractivity contribution is -0.0237. The summed E-state index contributed by atoms with van der Waals surface area (Å²) in [5.74, 6) is 0. The number of benzene rings is 1. The molecule has 0 saturated carbocycles. The number of nitrogens with zero attached hydrogens (tertiary/aromatic N) is 1. The van der Waals surface area contributed by atoms with Crippen LogP contribution in [0.3, 0.4) is 0 Å². The Morgan fingerprint density at radius 1 is 1.25 bits per heavy atom. The van der Waals surface area contributed by atoms with Gasteiger partial charge >= 0.3 is 0 Å². The number of aliphatic hydroxyl groups is 1. The first-order chi connectivity index (χ1) is 7.61. The van der Waals surface area contributed by atoms with Crippen LogP contribution in [0.5, 0.6) is 0 Å². The van der Waals surface area contributed by atoms with E-state index in [1.54, 1.807) is 0 Å². The van der Waals surface area contributed by atoms with Gasteiger partial charge in [0.25, 0.3) is 0 Å². The van der Waals surface area contributed by atoms with E-state index in [4.69, 9.17) is 0 Å². The summed E-state index contributed by atoms with van der Waals surface area (Å²) in [5, 5.41) is 9.45. The highest BCUT2D eigenvalue weighted by molar-refractivity contribution is 5.16. The molecule has 1 heterocycles. The minimum absolute atomic E-state index is 0.255. The summed E-state index contributed by atoms with van der Waals surface area (Å²) in [7, 11) is 0. The molecular formula is C14H21NO. The van der Waals surface area contributed by atoms with E-state index in [-0.39, 0.29) is 12.6 Å². The highest BCUT2D eigenvalue weighted by Crippen LogP contribution is 2.31. The quantitative estimate of drug-likeness (QED) is 0.836. The van der Waals surface area contributed by atoms with E-state index in [1.165, 1.54) is 5.56 Å². The van der Waals surface area contributed by atoms with Gasteiger partial charge in [0.1, 0.15) is 0 Å². The Morgan fingerprint density at radius 2 is 1.88 bits per heavy atom. The van der Waals surface area contributed by atoms with Crippen molar-refractivity contribution < 1.29 is 5.11 Å². The SMILES string of the molecule is CC1(C)CN([C@@H](CO)Cc2ccccc2)C1. The van der Waals surface area contributed by atoms with E-state index in [0.717, 1.165) is 19.5 Å². The lowest BCUT2D eigenvalue weighted by atomic mass is 9.82. The van der Waals surface area contributed by atoms with Gasteiger partial charge in [-0.3, -0.25) is 4.90 Å². The van der Waals surface area contributed by atoms with E-state index in [0.29, 0.717) is 5.41 Å². The lowest BCUT2D eigenvalue weighted by Crippen LogP contribution is -2.58. The molecule has 1 aromatic carbocycles. The predicted molar refractivity (Wildman–Crippen MR) is 66.4 cm³/mol. The van der Waals surface area contributed by atoms with Gasteiger partial charge in [0.2, 0.25) is 0 Å². The Kier molecular flexibility index (Phi) is 3.31. The average molecular weight is 219 g/mol. The van der Waals surface area contributed by atoms with Crippen molar-refractivity contribution in [3.63, 3.8) is 0 Å². The third kappa shape index (κ3) is 2.63. The molecule has 2 nitrogen and oxygen atoms in total. The van der Waals surface area contributed by atoms with E-state index in [9.17, 15) is 5.11 Å². The summed E-state index contributed by atoms with van der Waals surface area (Å²) >= 11 is 0. The van der Waals surface area contributed by atoms with Crippen molar-refractivity contribution in [2.45, 2.75) is 26.3 Å². The molecule has 0 bridgehead atoms. The summed E-state index contributed by atoms with van der Waals surface area (Å²) in [5.41, 5.74) is 1.75. The number of hydrogen-bond donors (Lipinski definition) is 1. The standard InChI is InChI=1S/C14H21NO/c1-14(2)10-15(11-14)13(9-16)8-12-6-4-3-5-7-12/h3-7,13,16H,8-11H2,1-2H3/t13-/m1/s1. The van der Waals surface area contributed by atoms with Gasteiger partial charge in [0, 0.05) is 19.1 Å². The molecule has 2 heteroatoms. The van der Waals surface area contributed by atoms with Gasteiger partial charge in [0.15, 0.2) is 0 Å². The summed E-state index contributed by atoms with van der Waals surface area (Å²) in [6.45, 7) is 7.02. The molecule has 1 saturated heterocycles. The van der Waals surface area contributed by atoms with Crippen LogP contribution in [0.2, 0.25) is 0 Å². The normalized spacial score (nSPS) is 21.4. The van der Waals surface area contributed by atoms with Gasteiger partial charge in [0.05, 0.1) is 6.61 Å². The fraction of sp³-hybridized carbons (Fsp3) is 0.571. The van der Waals surface area contributed by atoms with Crippen molar-refractivity contribution in [2.75, 3.05) is 19.7 Å². The molecule has 0 amide bonds. The van der Waals surface area contributed by atoms with Crippen LogP contribution in [0, 0.1) is 5.41 Å². The highest BCUT2D eigenvalue weighted by Gasteiger charge is 2.37. The Labute approximate surface area is 97.9 Å². The average Bonchev–Trinajstić information content (AvgIpc) is 2.24. The summed E-state index contributed by atoms with van der Waals surface area (Å²) in [4.78, 5) is 2.38. The maximum absolute atomic E-state index is 9.45. The van der Waals surface area contributed by atoms with Crippen LogP contribution in [0.1, 0.15) is 19.4 Å². The topological polar surface area (TPSA) is 23.5 Å². The van der Waals surface area contributed by atoms with Crippen LogP contribution in [-0.2, 0) is 6.42 Å². The maximum atomic E-state index is 9.45. The van der Waals surface area contributed by atoms with Gasteiger partial charge in [-0.15, -0.1) is 0 Å². The highest BCUT2D eigenvalue weighted by atomic mass is 16.3. The molecular weight excluding hydrogens is 198 g/mol. The zero-order chi connectivity index (χ0) is 11.6. The first-order valence-electron chi connectivity index (χ1n) is 5.99. The molecule has 1 N–H and O–H groups in total. The first-order valence-corrected chi connectivity index (χ1v) is 5.99. The second kappa shape index (κ2) is 4.56. The van der Waals surface area contributed by atoms with Gasteiger partial charge in [-0.2, -0.15) is 0 Å². The minimum Gasteiger partial charge on any atom is -0.395 e. The van der Waals surface area contributed by atoms with Gasteiger partial charge in [-0.05, 0) is 17.4 Å². The number of aliphatic hydroxyl groups excluding tert-OH is 1. The smallest absolute Gasteiger partial charge is 0.0590 e. The second-order valence-electron chi connectivity index (χ2n) is 5.60. The summed E-state index contributed by atoms with van der Waals surface area (Å²) in [6, 6.07) is 10.7. The zero-order valence-electron chi connectivity index (χ0n) is 10.2. The molecule has 0 aliphatic carbocycles. The van der Waals surface area contributed by atoms with Crippen LogP contribution in [0.4, 0.5) is 0 Å². The molecule has 0 unspecified atom stereocenters. The fourth-order valence-corrected chi connectivity index (χ4v) is 2.51. The van der Waals surface area contributed by atoms with Crippen molar-refractivity contribution in [3.8, 4) is 0 Å². The Morgan fingerprint density at radius 3 is 2.38 bits per heavy atom. The van der Waals surface area contributed by atoms with Crippen molar-refractivity contribution >= 4 is 0 Å². The lowest BCUT2D eigenvalue weighted by Gasteiger charge is -2.49.